The molecule has 3 rings (SSSR count). The zero-order valence-corrected chi connectivity index (χ0v) is 14.8. The Balaban J connectivity index is 1.53. The van der Waals surface area contributed by atoms with Crippen molar-refractivity contribution < 1.29 is 13.6 Å². The molecular weight excluding hydrogens is 342 g/mol. The van der Waals surface area contributed by atoms with Gasteiger partial charge >= 0.3 is 0 Å². The second-order valence-electron chi connectivity index (χ2n) is 6.31. The lowest BCUT2D eigenvalue weighted by molar-refractivity contribution is -0.121. The van der Waals surface area contributed by atoms with Gasteiger partial charge in [0.15, 0.2) is 0 Å². The standard InChI is InChI=1S/C19H22F2N2OS/c20-15-6-7-16(21)14(12-15)5-8-19(24)22-13-17(18-4-3-11-25-18)23-9-1-2-10-23/h3-4,6-7,11-12,17H,1-2,5,8-10,13H2,(H,22,24). The first-order chi connectivity index (χ1) is 12.1. The van der Waals surface area contributed by atoms with E-state index in [1.807, 2.05) is 11.4 Å². The Morgan fingerprint density at radius 1 is 1.24 bits per heavy atom. The molecule has 1 atom stereocenters. The van der Waals surface area contributed by atoms with Crippen LogP contribution in [-0.4, -0.2) is 30.4 Å². The number of amides is 1. The average Bonchev–Trinajstić information content (AvgIpc) is 3.30. The number of nitrogens with one attached hydrogen (secondary N) is 1. The lowest BCUT2D eigenvalue weighted by Gasteiger charge is -2.27. The molecule has 0 aliphatic carbocycles. The van der Waals surface area contributed by atoms with E-state index in [4.69, 9.17) is 0 Å². The fourth-order valence-corrected chi connectivity index (χ4v) is 4.09. The molecule has 0 saturated carbocycles. The highest BCUT2D eigenvalue weighted by atomic mass is 32.1. The van der Waals surface area contributed by atoms with Crippen molar-refractivity contribution >= 4 is 17.2 Å². The summed E-state index contributed by atoms with van der Waals surface area (Å²) in [6.45, 7) is 2.64. The summed E-state index contributed by atoms with van der Waals surface area (Å²) in [5.74, 6) is -1.09. The minimum absolute atomic E-state index is 0.135. The van der Waals surface area contributed by atoms with Crippen LogP contribution in [0.2, 0.25) is 0 Å². The van der Waals surface area contributed by atoms with Crippen LogP contribution in [0, 0.1) is 11.6 Å². The summed E-state index contributed by atoms with van der Waals surface area (Å²) in [7, 11) is 0. The summed E-state index contributed by atoms with van der Waals surface area (Å²) >= 11 is 1.70. The van der Waals surface area contributed by atoms with E-state index >= 15 is 0 Å². The highest BCUT2D eigenvalue weighted by molar-refractivity contribution is 7.10. The van der Waals surface area contributed by atoms with Gasteiger partial charge in [-0.1, -0.05) is 6.07 Å². The van der Waals surface area contributed by atoms with Gasteiger partial charge < -0.3 is 5.32 Å². The van der Waals surface area contributed by atoms with Crippen LogP contribution in [-0.2, 0) is 11.2 Å². The number of rotatable bonds is 7. The molecule has 25 heavy (non-hydrogen) atoms. The third kappa shape index (κ3) is 4.86. The van der Waals surface area contributed by atoms with Crippen molar-refractivity contribution in [2.45, 2.75) is 31.7 Å². The van der Waals surface area contributed by atoms with Crippen molar-refractivity contribution in [3.8, 4) is 0 Å². The van der Waals surface area contributed by atoms with Crippen LogP contribution >= 0.6 is 11.3 Å². The van der Waals surface area contributed by atoms with E-state index in [0.717, 1.165) is 31.3 Å². The van der Waals surface area contributed by atoms with Crippen molar-refractivity contribution in [1.29, 1.82) is 0 Å². The maximum Gasteiger partial charge on any atom is 0.220 e. The molecule has 0 bridgehead atoms. The molecule has 1 aliphatic rings. The Morgan fingerprint density at radius 3 is 2.76 bits per heavy atom. The lowest BCUT2D eigenvalue weighted by Crippen LogP contribution is -2.36. The number of hydrogen-bond donors (Lipinski definition) is 1. The molecule has 1 N–H and O–H groups in total. The van der Waals surface area contributed by atoms with Gasteiger partial charge in [-0.25, -0.2) is 8.78 Å². The van der Waals surface area contributed by atoms with Crippen LogP contribution in [0.15, 0.2) is 35.7 Å². The predicted octanol–water partition coefficient (Wildman–Crippen LogP) is 3.91. The zero-order valence-electron chi connectivity index (χ0n) is 14.0. The third-order valence-corrected chi connectivity index (χ3v) is 5.55. The summed E-state index contributed by atoms with van der Waals surface area (Å²) in [6.07, 6.45) is 2.73. The summed E-state index contributed by atoms with van der Waals surface area (Å²) < 4.78 is 26.8. The van der Waals surface area contributed by atoms with E-state index in [0.29, 0.717) is 6.54 Å². The van der Waals surface area contributed by atoms with E-state index in [1.165, 1.54) is 17.7 Å². The Bertz CT molecular complexity index is 699. The predicted molar refractivity (Wildman–Crippen MR) is 95.6 cm³/mol. The highest BCUT2D eigenvalue weighted by Crippen LogP contribution is 2.27. The van der Waals surface area contributed by atoms with Gasteiger partial charge in [-0.15, -0.1) is 11.3 Å². The van der Waals surface area contributed by atoms with E-state index in [2.05, 4.69) is 16.3 Å². The first-order valence-electron chi connectivity index (χ1n) is 8.61. The molecule has 3 nitrogen and oxygen atoms in total. The molecule has 6 heteroatoms. The molecule has 1 amide bonds. The summed E-state index contributed by atoms with van der Waals surface area (Å²) in [5, 5.41) is 5.01. The van der Waals surface area contributed by atoms with Gasteiger partial charge in [-0.2, -0.15) is 0 Å². The number of thiophene rings is 1. The molecule has 0 radical (unpaired) electrons. The zero-order chi connectivity index (χ0) is 17.6. The summed E-state index contributed by atoms with van der Waals surface area (Å²) in [6, 6.07) is 7.65. The van der Waals surface area contributed by atoms with E-state index < -0.39 is 11.6 Å². The number of nitrogens with zero attached hydrogens (tertiary/aromatic N) is 1. The molecule has 0 spiro atoms. The van der Waals surface area contributed by atoms with Gasteiger partial charge in [0.1, 0.15) is 11.6 Å². The van der Waals surface area contributed by atoms with Crippen LogP contribution in [0.4, 0.5) is 8.78 Å². The van der Waals surface area contributed by atoms with Crippen molar-refractivity contribution in [1.82, 2.24) is 10.2 Å². The Labute approximate surface area is 150 Å². The number of carbonyl (C=O) groups excluding carboxylic acids is 1. The average molecular weight is 364 g/mol. The minimum Gasteiger partial charge on any atom is -0.354 e. The molecule has 1 aromatic carbocycles. The van der Waals surface area contributed by atoms with Crippen LogP contribution < -0.4 is 5.32 Å². The molecule has 1 unspecified atom stereocenters. The maximum atomic E-state index is 13.6. The molecule has 1 aromatic heterocycles. The van der Waals surface area contributed by atoms with Gasteiger partial charge in [0.25, 0.3) is 0 Å². The highest BCUT2D eigenvalue weighted by Gasteiger charge is 2.24. The number of halogens is 2. The van der Waals surface area contributed by atoms with Gasteiger partial charge in [-0.3, -0.25) is 9.69 Å². The number of hydrogen-bond acceptors (Lipinski definition) is 3. The normalized spacial score (nSPS) is 16.1. The van der Waals surface area contributed by atoms with Crippen molar-refractivity contribution in [3.05, 3.63) is 57.8 Å². The second-order valence-corrected chi connectivity index (χ2v) is 7.29. The number of likely N-dealkylation sites (tertiary alicyclic amines) is 1. The Morgan fingerprint density at radius 2 is 2.04 bits per heavy atom. The van der Waals surface area contributed by atoms with Crippen molar-refractivity contribution in [3.63, 3.8) is 0 Å². The van der Waals surface area contributed by atoms with Gasteiger partial charge in [0.05, 0.1) is 6.04 Å². The molecule has 1 saturated heterocycles. The van der Waals surface area contributed by atoms with E-state index in [9.17, 15) is 13.6 Å². The third-order valence-electron chi connectivity index (χ3n) is 4.57. The lowest BCUT2D eigenvalue weighted by atomic mass is 10.1. The fourth-order valence-electron chi connectivity index (χ4n) is 3.23. The Kier molecular flexibility index (Phi) is 6.15. The molecule has 134 valence electrons. The van der Waals surface area contributed by atoms with Crippen LogP contribution in [0.1, 0.15) is 35.7 Å². The van der Waals surface area contributed by atoms with E-state index in [-0.39, 0.29) is 30.4 Å². The fraction of sp³-hybridized carbons (Fsp3) is 0.421. The van der Waals surface area contributed by atoms with Crippen LogP contribution in [0.5, 0.6) is 0 Å². The van der Waals surface area contributed by atoms with E-state index in [1.54, 1.807) is 11.3 Å². The molecular formula is C19H22F2N2OS. The molecule has 1 aliphatic heterocycles. The topological polar surface area (TPSA) is 32.3 Å². The first-order valence-corrected chi connectivity index (χ1v) is 9.49. The summed E-state index contributed by atoms with van der Waals surface area (Å²) in [4.78, 5) is 15.8. The van der Waals surface area contributed by atoms with Gasteiger partial charge in [0, 0.05) is 17.8 Å². The first kappa shape index (κ1) is 18.0. The SMILES string of the molecule is O=C(CCc1cc(F)ccc1F)NCC(c1cccs1)N1CCCC1. The number of benzene rings is 1. The molecule has 2 aromatic rings. The minimum atomic E-state index is -0.483. The van der Waals surface area contributed by atoms with Gasteiger partial charge in [0.2, 0.25) is 5.91 Å². The number of carbonyl (C=O) groups is 1. The number of aryl methyl sites for hydroxylation is 1. The smallest absolute Gasteiger partial charge is 0.220 e. The monoisotopic (exact) mass is 364 g/mol. The van der Waals surface area contributed by atoms with Crippen molar-refractivity contribution in [2.75, 3.05) is 19.6 Å². The molecule has 2 heterocycles. The van der Waals surface area contributed by atoms with Crippen LogP contribution in [0.25, 0.3) is 0 Å². The Hall–Kier alpha value is -1.79. The maximum absolute atomic E-state index is 13.6. The largest absolute Gasteiger partial charge is 0.354 e. The van der Waals surface area contributed by atoms with Crippen molar-refractivity contribution in [2.24, 2.45) is 0 Å². The molecule has 1 fully saturated rings. The van der Waals surface area contributed by atoms with Gasteiger partial charge in [-0.05, 0) is 67.6 Å². The second kappa shape index (κ2) is 8.54. The summed E-state index contributed by atoms with van der Waals surface area (Å²) in [5.41, 5.74) is 0.240. The van der Waals surface area contributed by atoms with Crippen LogP contribution in [0.3, 0.4) is 0 Å². The quantitative estimate of drug-likeness (QED) is 0.808.